The number of rotatable bonds is 1. The number of thiazole rings is 1. The molecule has 0 spiro atoms. The highest BCUT2D eigenvalue weighted by Crippen LogP contribution is 2.41. The molecule has 0 aliphatic carbocycles. The maximum absolute atomic E-state index is 12.8. The first-order valence-electron chi connectivity index (χ1n) is 4.80. The lowest BCUT2D eigenvalue weighted by atomic mass is 10.0. The van der Waals surface area contributed by atoms with E-state index in [1.807, 2.05) is 0 Å². The van der Waals surface area contributed by atoms with Gasteiger partial charge in [0.2, 0.25) is 0 Å². The lowest BCUT2D eigenvalue weighted by Gasteiger charge is -2.14. The Morgan fingerprint density at radius 1 is 1.00 bits per heavy atom. The van der Waals surface area contributed by atoms with Gasteiger partial charge in [-0.3, -0.25) is 0 Å². The van der Waals surface area contributed by atoms with E-state index in [9.17, 15) is 26.3 Å². The first-order valence-corrected chi connectivity index (χ1v) is 5.62. The normalized spacial score (nSPS) is 12.7. The van der Waals surface area contributed by atoms with Crippen LogP contribution in [0.4, 0.5) is 26.3 Å². The number of alkyl halides is 6. The molecule has 0 N–H and O–H groups in total. The maximum atomic E-state index is 12.8. The summed E-state index contributed by atoms with van der Waals surface area (Å²) in [7, 11) is 0. The van der Waals surface area contributed by atoms with Gasteiger partial charge in [-0.25, -0.2) is 4.98 Å². The van der Waals surface area contributed by atoms with Crippen molar-refractivity contribution in [3.63, 3.8) is 0 Å². The van der Waals surface area contributed by atoms with E-state index in [-0.39, 0.29) is 4.88 Å². The number of aromatic nitrogens is 1. The monoisotopic (exact) mass is 296 g/mol. The summed E-state index contributed by atoms with van der Waals surface area (Å²) in [4.78, 5) is 3.44. The average Bonchev–Trinajstić information content (AvgIpc) is 2.79. The van der Waals surface area contributed by atoms with Crippen LogP contribution in [0.3, 0.4) is 0 Å². The van der Waals surface area contributed by atoms with E-state index in [1.54, 1.807) is 0 Å². The summed E-state index contributed by atoms with van der Waals surface area (Å²) in [6.07, 6.45) is -8.38. The van der Waals surface area contributed by atoms with Gasteiger partial charge < -0.3 is 0 Å². The minimum atomic E-state index is -4.73. The van der Waals surface area contributed by atoms with Crippen molar-refractivity contribution in [3.8, 4) is 10.4 Å². The van der Waals surface area contributed by atoms with Crippen molar-refractivity contribution in [3.05, 3.63) is 41.0 Å². The zero-order valence-corrected chi connectivity index (χ0v) is 9.75. The molecule has 0 aliphatic rings. The number of hydrogen-bond donors (Lipinski definition) is 0. The van der Waals surface area contributed by atoms with Crippen LogP contribution in [0.25, 0.3) is 10.4 Å². The highest BCUT2D eigenvalue weighted by Gasteiger charge is 2.37. The Labute approximate surface area is 107 Å². The first-order chi connectivity index (χ1) is 8.69. The van der Waals surface area contributed by atoms with Crippen molar-refractivity contribution in [1.29, 1.82) is 0 Å². The molecule has 0 atom stereocenters. The molecule has 0 bridgehead atoms. The Bertz CT molecular complexity index is 570. The second kappa shape index (κ2) is 4.52. The van der Waals surface area contributed by atoms with Crippen molar-refractivity contribution in [2.45, 2.75) is 12.4 Å². The van der Waals surface area contributed by atoms with E-state index in [4.69, 9.17) is 0 Å². The number of hydrogen-bond acceptors (Lipinski definition) is 2. The standard InChI is InChI=1S/C11H4F6NS/c12-10(13,14)6-1-2-8(11(15,16)17)7(3-6)9-4-18-5-19-9/h1-4H. The quantitative estimate of drug-likeness (QED) is 0.698. The van der Waals surface area contributed by atoms with E-state index in [2.05, 4.69) is 10.5 Å². The summed E-state index contributed by atoms with van der Waals surface area (Å²) >= 11 is 0.722. The van der Waals surface area contributed by atoms with E-state index in [1.165, 1.54) is 0 Å². The minimum absolute atomic E-state index is 0.0153. The Morgan fingerprint density at radius 2 is 1.68 bits per heavy atom. The Kier molecular flexibility index (Phi) is 3.29. The molecule has 0 aliphatic heterocycles. The van der Waals surface area contributed by atoms with Crippen molar-refractivity contribution in [2.24, 2.45) is 0 Å². The Balaban J connectivity index is 2.65. The van der Waals surface area contributed by atoms with Gasteiger partial charge in [-0.1, -0.05) is 0 Å². The SMILES string of the molecule is FC(F)(F)c1ccc(C(F)(F)F)c(-c2cn[c]s2)c1. The second-order valence-corrected chi connectivity index (χ2v) is 4.40. The van der Waals surface area contributed by atoms with Crippen LogP contribution in [-0.4, -0.2) is 4.98 Å². The third-order valence-corrected chi connectivity index (χ3v) is 3.05. The van der Waals surface area contributed by atoms with Gasteiger partial charge in [0.25, 0.3) is 0 Å². The average molecular weight is 296 g/mol. The molecule has 1 nitrogen and oxygen atoms in total. The zero-order valence-electron chi connectivity index (χ0n) is 8.93. The fourth-order valence-corrected chi connectivity index (χ4v) is 2.07. The Morgan fingerprint density at radius 3 is 2.16 bits per heavy atom. The number of halogens is 6. The predicted octanol–water partition coefficient (Wildman–Crippen LogP) is 4.65. The van der Waals surface area contributed by atoms with Crippen LogP contribution >= 0.6 is 11.3 Å². The van der Waals surface area contributed by atoms with Crippen LogP contribution in [0.2, 0.25) is 0 Å². The molecule has 0 saturated heterocycles. The summed E-state index contributed by atoms with van der Waals surface area (Å²) in [5.74, 6) is 0. The molecule has 1 aromatic heterocycles. The van der Waals surface area contributed by atoms with E-state index in [0.29, 0.717) is 18.2 Å². The number of nitrogens with zero attached hydrogens (tertiary/aromatic N) is 1. The second-order valence-electron chi connectivity index (χ2n) is 3.57. The largest absolute Gasteiger partial charge is 0.417 e. The summed E-state index contributed by atoms with van der Waals surface area (Å²) in [5, 5.41) is 0. The molecule has 101 valence electrons. The fraction of sp³-hybridized carbons (Fsp3) is 0.182. The van der Waals surface area contributed by atoms with Crippen LogP contribution < -0.4 is 0 Å². The van der Waals surface area contributed by atoms with Gasteiger partial charge in [0.15, 0.2) is 5.51 Å². The molecule has 2 aromatic rings. The summed E-state index contributed by atoms with van der Waals surface area (Å²) < 4.78 is 75.9. The van der Waals surface area contributed by atoms with Gasteiger partial charge in [0.1, 0.15) is 0 Å². The van der Waals surface area contributed by atoms with Crippen LogP contribution in [0.5, 0.6) is 0 Å². The van der Waals surface area contributed by atoms with Gasteiger partial charge >= 0.3 is 12.4 Å². The molecular weight excluding hydrogens is 292 g/mol. The third kappa shape index (κ3) is 2.89. The van der Waals surface area contributed by atoms with Crippen LogP contribution in [0, 0.1) is 5.51 Å². The van der Waals surface area contributed by atoms with E-state index >= 15 is 0 Å². The van der Waals surface area contributed by atoms with Crippen molar-refractivity contribution >= 4 is 11.3 Å². The highest BCUT2D eigenvalue weighted by atomic mass is 32.1. The van der Waals surface area contributed by atoms with Gasteiger partial charge in [-0.2, -0.15) is 26.3 Å². The summed E-state index contributed by atoms with van der Waals surface area (Å²) in [6, 6.07) is 1.32. The van der Waals surface area contributed by atoms with Crippen LogP contribution in [0.1, 0.15) is 11.1 Å². The topological polar surface area (TPSA) is 12.9 Å². The minimum Gasteiger partial charge on any atom is -0.241 e. The number of benzene rings is 1. The smallest absolute Gasteiger partial charge is 0.241 e. The molecular formula is C11H4F6NS. The third-order valence-electron chi connectivity index (χ3n) is 2.31. The molecule has 0 amide bonds. The predicted molar refractivity (Wildman–Crippen MR) is 56.4 cm³/mol. The van der Waals surface area contributed by atoms with Gasteiger partial charge in [-0.15, -0.1) is 11.3 Å². The van der Waals surface area contributed by atoms with Gasteiger partial charge in [0, 0.05) is 11.8 Å². The molecule has 2 rings (SSSR count). The molecule has 8 heteroatoms. The van der Waals surface area contributed by atoms with Crippen LogP contribution in [-0.2, 0) is 12.4 Å². The summed E-state index contributed by atoms with van der Waals surface area (Å²) in [6.45, 7) is 0. The van der Waals surface area contributed by atoms with Crippen LogP contribution in [0.15, 0.2) is 24.4 Å². The lowest BCUT2D eigenvalue weighted by molar-refractivity contribution is -0.141. The summed E-state index contributed by atoms with van der Waals surface area (Å²) in [5.41, 5.74) is -0.495. The molecule has 0 saturated carbocycles. The first kappa shape index (κ1) is 13.9. The van der Waals surface area contributed by atoms with E-state index in [0.717, 1.165) is 17.5 Å². The van der Waals surface area contributed by atoms with Gasteiger partial charge in [-0.05, 0) is 18.2 Å². The molecule has 1 heterocycles. The molecule has 1 aromatic carbocycles. The highest BCUT2D eigenvalue weighted by molar-refractivity contribution is 7.12. The molecule has 1 radical (unpaired) electrons. The molecule has 0 unspecified atom stereocenters. The zero-order chi connectivity index (χ0) is 14.3. The lowest BCUT2D eigenvalue weighted by Crippen LogP contribution is -2.10. The van der Waals surface area contributed by atoms with Crippen molar-refractivity contribution in [2.75, 3.05) is 0 Å². The van der Waals surface area contributed by atoms with Gasteiger partial charge in [0.05, 0.1) is 16.0 Å². The molecule has 19 heavy (non-hydrogen) atoms. The molecule has 0 fully saturated rings. The van der Waals surface area contributed by atoms with Crippen molar-refractivity contribution < 1.29 is 26.3 Å². The Hall–Kier alpha value is -1.57. The van der Waals surface area contributed by atoms with Crippen molar-refractivity contribution in [1.82, 2.24) is 4.98 Å². The maximum Gasteiger partial charge on any atom is 0.417 e. The fourth-order valence-electron chi connectivity index (χ4n) is 1.48. The van der Waals surface area contributed by atoms with E-state index < -0.39 is 29.0 Å².